The van der Waals surface area contributed by atoms with Crippen LogP contribution in [-0.2, 0) is 6.42 Å². The van der Waals surface area contributed by atoms with Crippen LogP contribution in [0, 0.1) is 25.2 Å². The van der Waals surface area contributed by atoms with E-state index >= 15 is 0 Å². The Morgan fingerprint density at radius 1 is 0.833 bits per heavy atom. The third kappa shape index (κ3) is 5.89. The highest BCUT2D eigenvalue weighted by atomic mass is 14.9. The Morgan fingerprint density at radius 2 is 1.58 bits per heavy atom. The van der Waals surface area contributed by atoms with E-state index in [2.05, 4.69) is 91.8 Å². The molecule has 0 spiro atoms. The maximum absolute atomic E-state index is 9.83. The minimum atomic E-state index is 0.638. The molecule has 2 N–H and O–H groups in total. The van der Waals surface area contributed by atoms with Gasteiger partial charge in [0.05, 0.1) is 11.3 Å². The van der Waals surface area contributed by atoms with Crippen LogP contribution in [0.15, 0.2) is 60.8 Å². The van der Waals surface area contributed by atoms with Gasteiger partial charge in [0.25, 0.3) is 0 Å². The Labute approximate surface area is 215 Å². The lowest BCUT2D eigenvalue weighted by Crippen LogP contribution is -1.99. The Balaban J connectivity index is 1.55. The van der Waals surface area contributed by atoms with Crippen LogP contribution < -0.4 is 5.32 Å². The number of nitrogens with one attached hydrogen (secondary N) is 2. The molecule has 1 aromatic heterocycles. The number of unbranched alkanes of at least 4 members (excludes halogenated alkanes) is 5. The maximum atomic E-state index is 9.83. The normalized spacial score (nSPS) is 11.3. The molecule has 36 heavy (non-hydrogen) atoms. The van der Waals surface area contributed by atoms with Gasteiger partial charge in [0, 0.05) is 22.8 Å². The second-order valence-corrected chi connectivity index (χ2v) is 9.67. The Hall–Kier alpha value is -3.77. The van der Waals surface area contributed by atoms with Crippen molar-refractivity contribution in [2.24, 2.45) is 0 Å². The third-order valence-electron chi connectivity index (χ3n) is 7.21. The Morgan fingerprint density at radius 3 is 2.42 bits per heavy atom. The maximum Gasteiger partial charge on any atom is 0.101 e. The van der Waals surface area contributed by atoms with Crippen molar-refractivity contribution < 1.29 is 0 Å². The number of hydrogen-bond acceptors (Lipinski definition) is 2. The molecule has 0 fully saturated rings. The van der Waals surface area contributed by atoms with E-state index in [4.69, 9.17) is 0 Å². The zero-order valence-corrected chi connectivity index (χ0v) is 21.8. The lowest BCUT2D eigenvalue weighted by Gasteiger charge is -2.15. The summed E-state index contributed by atoms with van der Waals surface area (Å²) in [6.45, 7) is 6.61. The molecule has 0 unspecified atom stereocenters. The second kappa shape index (κ2) is 12.3. The first-order valence-corrected chi connectivity index (χ1v) is 13.3. The summed E-state index contributed by atoms with van der Waals surface area (Å²) in [5.41, 5.74) is 9.79. The van der Waals surface area contributed by atoms with E-state index < -0.39 is 0 Å². The third-order valence-corrected chi connectivity index (χ3v) is 7.21. The van der Waals surface area contributed by atoms with Crippen LogP contribution in [0.3, 0.4) is 0 Å². The van der Waals surface area contributed by atoms with Gasteiger partial charge in [-0.3, -0.25) is 0 Å². The molecule has 0 aliphatic rings. The summed E-state index contributed by atoms with van der Waals surface area (Å²) in [7, 11) is 0. The Bertz CT molecular complexity index is 1380. The number of hydrogen-bond donors (Lipinski definition) is 2. The molecule has 4 aromatic rings. The van der Waals surface area contributed by atoms with Gasteiger partial charge in [-0.2, -0.15) is 5.26 Å². The van der Waals surface area contributed by atoms with Crippen molar-refractivity contribution in [2.75, 3.05) is 5.32 Å². The number of para-hydroxylation sites is 1. The number of H-pyrrole nitrogens is 1. The average Bonchev–Trinajstić information content (AvgIpc) is 3.38. The molecule has 3 nitrogen and oxygen atoms in total. The number of rotatable bonds is 11. The summed E-state index contributed by atoms with van der Waals surface area (Å²) in [5, 5.41) is 14.6. The van der Waals surface area contributed by atoms with Crippen LogP contribution in [-0.4, -0.2) is 4.98 Å². The van der Waals surface area contributed by atoms with Crippen molar-refractivity contribution in [3.05, 3.63) is 94.2 Å². The van der Waals surface area contributed by atoms with Gasteiger partial charge in [-0.25, -0.2) is 0 Å². The molecule has 0 amide bonds. The zero-order chi connectivity index (χ0) is 25.3. The molecule has 184 valence electrons. The molecule has 3 heteroatoms. The monoisotopic (exact) mass is 475 g/mol. The Kier molecular flexibility index (Phi) is 8.63. The van der Waals surface area contributed by atoms with Crippen molar-refractivity contribution in [3.63, 3.8) is 0 Å². The van der Waals surface area contributed by atoms with E-state index in [1.807, 2.05) is 18.3 Å². The van der Waals surface area contributed by atoms with Gasteiger partial charge < -0.3 is 10.3 Å². The number of aromatic amines is 1. The van der Waals surface area contributed by atoms with E-state index in [0.29, 0.717) is 5.56 Å². The van der Waals surface area contributed by atoms with Gasteiger partial charge in [-0.05, 0) is 78.8 Å². The SMILES string of the molecule is CCCCCCCCc1cccc(/C=C/c2cccc(C#N)c2Nc2ccc3[nH]ccc3c2C)c1C. The smallest absolute Gasteiger partial charge is 0.101 e. The molecule has 0 atom stereocenters. The van der Waals surface area contributed by atoms with Gasteiger partial charge in [-0.1, -0.05) is 81.5 Å². The topological polar surface area (TPSA) is 51.6 Å². The minimum absolute atomic E-state index is 0.638. The van der Waals surface area contributed by atoms with Crippen LogP contribution in [0.5, 0.6) is 0 Å². The van der Waals surface area contributed by atoms with Gasteiger partial charge in [-0.15, -0.1) is 0 Å². The van der Waals surface area contributed by atoms with Gasteiger partial charge in [0.2, 0.25) is 0 Å². The summed E-state index contributed by atoms with van der Waals surface area (Å²) >= 11 is 0. The second-order valence-electron chi connectivity index (χ2n) is 9.67. The van der Waals surface area contributed by atoms with Crippen molar-refractivity contribution in [1.29, 1.82) is 5.26 Å². The van der Waals surface area contributed by atoms with E-state index in [0.717, 1.165) is 34.4 Å². The summed E-state index contributed by atoms with van der Waals surface area (Å²) in [6.07, 6.45) is 15.3. The largest absolute Gasteiger partial charge is 0.361 e. The number of nitriles is 1. The summed E-state index contributed by atoms with van der Waals surface area (Å²) in [5.74, 6) is 0. The lowest BCUT2D eigenvalue weighted by molar-refractivity contribution is 0.607. The van der Waals surface area contributed by atoms with E-state index in [-0.39, 0.29) is 0 Å². The van der Waals surface area contributed by atoms with Crippen LogP contribution in [0.1, 0.15) is 78.8 Å². The fraction of sp³-hybridized carbons (Fsp3) is 0.303. The van der Waals surface area contributed by atoms with E-state index in [1.165, 1.54) is 60.6 Å². The highest BCUT2D eigenvalue weighted by Gasteiger charge is 2.11. The van der Waals surface area contributed by atoms with Crippen molar-refractivity contribution in [2.45, 2.75) is 65.7 Å². The van der Waals surface area contributed by atoms with Crippen molar-refractivity contribution in [3.8, 4) is 6.07 Å². The molecule has 0 aliphatic heterocycles. The zero-order valence-electron chi connectivity index (χ0n) is 21.8. The standard InChI is InChI=1S/C33H37N3/c1-4-5-6-7-8-9-12-26-13-10-14-27(24(26)2)17-18-28-15-11-16-29(23-34)33(28)36-31-19-20-32-30(25(31)3)21-22-35-32/h10-11,13-22,35-36H,4-9,12H2,1-3H3/b18-17+. The molecule has 0 aliphatic carbocycles. The number of benzene rings is 3. The minimum Gasteiger partial charge on any atom is -0.361 e. The van der Waals surface area contributed by atoms with Crippen LogP contribution in [0.4, 0.5) is 11.4 Å². The fourth-order valence-electron chi connectivity index (χ4n) is 4.93. The fourth-order valence-corrected chi connectivity index (χ4v) is 4.93. The predicted molar refractivity (Wildman–Crippen MR) is 155 cm³/mol. The number of fused-ring (bicyclic) bond motifs is 1. The first-order valence-electron chi connectivity index (χ1n) is 13.3. The summed E-state index contributed by atoms with van der Waals surface area (Å²) in [4.78, 5) is 3.27. The molecular weight excluding hydrogens is 438 g/mol. The highest BCUT2D eigenvalue weighted by molar-refractivity contribution is 5.90. The predicted octanol–water partition coefficient (Wildman–Crippen LogP) is 9.47. The van der Waals surface area contributed by atoms with E-state index in [9.17, 15) is 5.26 Å². The summed E-state index contributed by atoms with van der Waals surface area (Å²) in [6, 6.07) is 21.1. The molecule has 3 aromatic carbocycles. The molecule has 0 bridgehead atoms. The van der Waals surface area contributed by atoms with E-state index in [1.54, 1.807) is 0 Å². The highest BCUT2D eigenvalue weighted by Crippen LogP contribution is 2.32. The van der Waals surface area contributed by atoms with Gasteiger partial charge in [0.15, 0.2) is 0 Å². The number of anilines is 2. The van der Waals surface area contributed by atoms with Gasteiger partial charge in [0.1, 0.15) is 6.07 Å². The van der Waals surface area contributed by atoms with Crippen molar-refractivity contribution in [1.82, 2.24) is 4.98 Å². The molecular formula is C33H37N3. The van der Waals surface area contributed by atoms with Crippen LogP contribution in [0.2, 0.25) is 0 Å². The van der Waals surface area contributed by atoms with Crippen LogP contribution >= 0.6 is 0 Å². The average molecular weight is 476 g/mol. The van der Waals surface area contributed by atoms with Crippen molar-refractivity contribution >= 4 is 34.4 Å². The number of aryl methyl sites for hydroxylation is 2. The molecule has 1 heterocycles. The molecule has 4 rings (SSSR count). The first-order chi connectivity index (χ1) is 17.6. The first kappa shape index (κ1) is 25.3. The lowest BCUT2D eigenvalue weighted by atomic mass is 9.96. The van der Waals surface area contributed by atoms with Gasteiger partial charge >= 0.3 is 0 Å². The molecule has 0 saturated heterocycles. The number of nitrogens with zero attached hydrogens (tertiary/aromatic N) is 1. The number of aromatic nitrogens is 1. The molecule has 0 radical (unpaired) electrons. The van der Waals surface area contributed by atoms with Crippen LogP contribution in [0.25, 0.3) is 23.1 Å². The quantitative estimate of drug-likeness (QED) is 0.168. The molecule has 0 saturated carbocycles. The summed E-state index contributed by atoms with van der Waals surface area (Å²) < 4.78 is 0.